The first-order valence-corrected chi connectivity index (χ1v) is 7.26. The molecular formula is C14H23N5O. The number of fused-ring (bicyclic) bond motifs is 1. The van der Waals surface area contributed by atoms with Crippen molar-refractivity contribution in [3.63, 3.8) is 0 Å². The van der Waals surface area contributed by atoms with Crippen molar-refractivity contribution in [2.45, 2.75) is 58.1 Å². The second-order valence-electron chi connectivity index (χ2n) is 5.24. The van der Waals surface area contributed by atoms with Gasteiger partial charge >= 0.3 is 0 Å². The van der Waals surface area contributed by atoms with Crippen LogP contribution in [-0.4, -0.2) is 30.7 Å². The molecule has 0 fully saturated rings. The molecule has 2 rings (SSSR count). The molecule has 0 aliphatic heterocycles. The number of nitrogens with two attached hydrogens (primary N) is 1. The number of aliphatic hydroxyl groups is 1. The van der Waals surface area contributed by atoms with Gasteiger partial charge in [0.05, 0.1) is 18.5 Å². The molecule has 0 spiro atoms. The maximum absolute atomic E-state index is 10.3. The van der Waals surface area contributed by atoms with E-state index in [1.165, 1.54) is 25.6 Å². The summed E-state index contributed by atoms with van der Waals surface area (Å²) in [7, 11) is 0. The number of nitrogens with zero attached hydrogens (tertiary/aromatic N) is 4. The summed E-state index contributed by atoms with van der Waals surface area (Å²) < 4.78 is 1.87. The summed E-state index contributed by atoms with van der Waals surface area (Å²) >= 11 is 0. The van der Waals surface area contributed by atoms with Crippen LogP contribution in [0, 0.1) is 0 Å². The molecule has 0 aliphatic carbocycles. The Labute approximate surface area is 119 Å². The number of unbranched alkanes of at least 4 members (excludes halogenated alkanes) is 3. The molecule has 2 heterocycles. The van der Waals surface area contributed by atoms with Gasteiger partial charge in [-0.25, -0.2) is 15.0 Å². The van der Waals surface area contributed by atoms with E-state index >= 15 is 0 Å². The van der Waals surface area contributed by atoms with Crippen molar-refractivity contribution in [3.05, 3.63) is 12.7 Å². The number of anilines is 1. The lowest BCUT2D eigenvalue weighted by Crippen LogP contribution is -2.21. The van der Waals surface area contributed by atoms with E-state index in [1.807, 2.05) is 11.5 Å². The normalized spacial score (nSPS) is 14.6. The summed E-state index contributed by atoms with van der Waals surface area (Å²) in [5, 5.41) is 10.3. The quantitative estimate of drug-likeness (QED) is 0.758. The topological polar surface area (TPSA) is 89.8 Å². The van der Waals surface area contributed by atoms with Crippen molar-refractivity contribution in [2.24, 2.45) is 0 Å². The summed E-state index contributed by atoms with van der Waals surface area (Å²) in [5.74, 6) is 0.374. The Kier molecular flexibility index (Phi) is 4.89. The standard InChI is InChI=1S/C14H23N5O/c1-3-4-5-6-7-11(20)10(2)19-9-18-12-13(15)16-8-17-14(12)19/h8-11,20H,3-7H2,1-2H3,(H2,15,16,17)/t10-,11+/m1/s1. The van der Waals surface area contributed by atoms with Gasteiger partial charge in [-0.1, -0.05) is 32.6 Å². The lowest BCUT2D eigenvalue weighted by molar-refractivity contribution is 0.110. The highest BCUT2D eigenvalue weighted by Gasteiger charge is 2.19. The zero-order chi connectivity index (χ0) is 14.5. The lowest BCUT2D eigenvalue weighted by atomic mass is 10.0. The van der Waals surface area contributed by atoms with Gasteiger partial charge in [-0.05, 0) is 13.3 Å². The Balaban J connectivity index is 2.07. The van der Waals surface area contributed by atoms with Crippen LogP contribution in [0.25, 0.3) is 11.2 Å². The molecule has 0 unspecified atom stereocenters. The van der Waals surface area contributed by atoms with Gasteiger partial charge in [-0.15, -0.1) is 0 Å². The van der Waals surface area contributed by atoms with Crippen molar-refractivity contribution in [2.75, 3.05) is 5.73 Å². The van der Waals surface area contributed by atoms with E-state index in [-0.39, 0.29) is 6.04 Å². The molecule has 2 atom stereocenters. The zero-order valence-corrected chi connectivity index (χ0v) is 12.2. The van der Waals surface area contributed by atoms with Crippen LogP contribution in [0.4, 0.5) is 5.82 Å². The molecule has 2 aromatic heterocycles. The average molecular weight is 277 g/mol. The third kappa shape index (κ3) is 3.07. The van der Waals surface area contributed by atoms with Crippen LogP contribution in [0.1, 0.15) is 52.0 Å². The largest absolute Gasteiger partial charge is 0.391 e. The zero-order valence-electron chi connectivity index (χ0n) is 12.2. The summed E-state index contributed by atoms with van der Waals surface area (Å²) in [5.41, 5.74) is 7.04. The second kappa shape index (κ2) is 6.65. The average Bonchev–Trinajstić information content (AvgIpc) is 2.88. The van der Waals surface area contributed by atoms with Crippen LogP contribution in [0.2, 0.25) is 0 Å². The number of nitrogen functional groups attached to an aromatic ring is 1. The van der Waals surface area contributed by atoms with Crippen LogP contribution >= 0.6 is 0 Å². The molecular weight excluding hydrogens is 254 g/mol. The summed E-state index contributed by atoms with van der Waals surface area (Å²) in [6.07, 6.45) is 8.13. The third-order valence-electron chi connectivity index (χ3n) is 3.74. The van der Waals surface area contributed by atoms with Crippen molar-refractivity contribution < 1.29 is 5.11 Å². The molecule has 0 saturated carbocycles. The van der Waals surface area contributed by atoms with Gasteiger partial charge in [0.1, 0.15) is 11.8 Å². The van der Waals surface area contributed by atoms with Gasteiger partial charge < -0.3 is 15.4 Å². The van der Waals surface area contributed by atoms with E-state index in [1.54, 1.807) is 6.33 Å². The first-order valence-electron chi connectivity index (χ1n) is 7.26. The maximum Gasteiger partial charge on any atom is 0.165 e. The highest BCUT2D eigenvalue weighted by atomic mass is 16.3. The maximum atomic E-state index is 10.3. The number of aliphatic hydroxyl groups excluding tert-OH is 1. The predicted octanol–water partition coefficient (Wildman–Crippen LogP) is 2.30. The van der Waals surface area contributed by atoms with Crippen molar-refractivity contribution in [1.29, 1.82) is 0 Å². The molecule has 6 nitrogen and oxygen atoms in total. The van der Waals surface area contributed by atoms with E-state index in [2.05, 4.69) is 21.9 Å². The first-order chi connectivity index (χ1) is 9.65. The minimum Gasteiger partial charge on any atom is -0.391 e. The lowest BCUT2D eigenvalue weighted by Gasteiger charge is -2.20. The Hall–Kier alpha value is -1.69. The van der Waals surface area contributed by atoms with Crippen molar-refractivity contribution >= 4 is 17.0 Å². The number of aromatic nitrogens is 4. The predicted molar refractivity (Wildman–Crippen MR) is 79.2 cm³/mol. The number of imidazole rings is 1. The molecule has 0 aromatic carbocycles. The molecule has 3 N–H and O–H groups in total. The summed E-state index contributed by atoms with van der Waals surface area (Å²) in [4.78, 5) is 12.4. The van der Waals surface area contributed by atoms with E-state index in [9.17, 15) is 5.11 Å². The molecule has 2 aromatic rings. The molecule has 0 saturated heterocycles. The highest BCUT2D eigenvalue weighted by molar-refractivity contribution is 5.81. The fourth-order valence-electron chi connectivity index (χ4n) is 2.37. The summed E-state index contributed by atoms with van der Waals surface area (Å²) in [6.45, 7) is 4.16. The Morgan fingerprint density at radius 2 is 2.05 bits per heavy atom. The van der Waals surface area contributed by atoms with Gasteiger partial charge in [-0.3, -0.25) is 0 Å². The number of hydrogen-bond acceptors (Lipinski definition) is 5. The van der Waals surface area contributed by atoms with Crippen LogP contribution < -0.4 is 5.73 Å². The Bertz CT molecular complexity index is 553. The number of rotatable bonds is 7. The SMILES string of the molecule is CCCCCC[C@H](O)[C@@H](C)n1cnc2c(N)ncnc21. The fourth-order valence-corrected chi connectivity index (χ4v) is 2.37. The van der Waals surface area contributed by atoms with Crippen LogP contribution in [-0.2, 0) is 0 Å². The van der Waals surface area contributed by atoms with Crippen LogP contribution in [0.15, 0.2) is 12.7 Å². The first kappa shape index (κ1) is 14.7. The van der Waals surface area contributed by atoms with Crippen LogP contribution in [0.5, 0.6) is 0 Å². The monoisotopic (exact) mass is 277 g/mol. The summed E-state index contributed by atoms with van der Waals surface area (Å²) in [6, 6.07) is -0.0732. The molecule has 0 amide bonds. The molecule has 0 aliphatic rings. The minimum absolute atomic E-state index is 0.0732. The van der Waals surface area contributed by atoms with E-state index in [4.69, 9.17) is 5.73 Å². The van der Waals surface area contributed by atoms with E-state index < -0.39 is 6.10 Å². The molecule has 0 bridgehead atoms. The van der Waals surface area contributed by atoms with Gasteiger partial charge in [0.25, 0.3) is 0 Å². The van der Waals surface area contributed by atoms with Gasteiger partial charge in [0, 0.05) is 0 Å². The highest BCUT2D eigenvalue weighted by Crippen LogP contribution is 2.22. The van der Waals surface area contributed by atoms with E-state index in [0.29, 0.717) is 17.0 Å². The third-order valence-corrected chi connectivity index (χ3v) is 3.74. The Morgan fingerprint density at radius 1 is 1.25 bits per heavy atom. The molecule has 110 valence electrons. The Morgan fingerprint density at radius 3 is 2.80 bits per heavy atom. The van der Waals surface area contributed by atoms with Gasteiger partial charge in [-0.2, -0.15) is 0 Å². The van der Waals surface area contributed by atoms with Gasteiger partial charge in [0.15, 0.2) is 11.5 Å². The molecule has 6 heteroatoms. The number of hydrogen-bond donors (Lipinski definition) is 2. The molecule has 20 heavy (non-hydrogen) atoms. The fraction of sp³-hybridized carbons (Fsp3) is 0.643. The molecule has 0 radical (unpaired) electrons. The second-order valence-corrected chi connectivity index (χ2v) is 5.24. The van der Waals surface area contributed by atoms with E-state index in [0.717, 1.165) is 12.8 Å². The minimum atomic E-state index is -0.402. The van der Waals surface area contributed by atoms with Gasteiger partial charge in [0.2, 0.25) is 0 Å². The smallest absolute Gasteiger partial charge is 0.165 e. The van der Waals surface area contributed by atoms with Crippen molar-refractivity contribution in [1.82, 2.24) is 19.5 Å². The van der Waals surface area contributed by atoms with Crippen LogP contribution in [0.3, 0.4) is 0 Å². The van der Waals surface area contributed by atoms with Crippen molar-refractivity contribution in [3.8, 4) is 0 Å².